The number of hydrogen-bond acceptors (Lipinski definition) is 4. The fourth-order valence-corrected chi connectivity index (χ4v) is 5.06. The van der Waals surface area contributed by atoms with E-state index in [0.29, 0.717) is 12.1 Å². The minimum atomic E-state index is -0.168. The van der Waals surface area contributed by atoms with Gasteiger partial charge in [0.15, 0.2) is 0 Å². The van der Waals surface area contributed by atoms with Crippen molar-refractivity contribution in [3.05, 3.63) is 53.6 Å². The maximum absolute atomic E-state index is 12.6. The van der Waals surface area contributed by atoms with Crippen LogP contribution in [0, 0.1) is 0 Å². The quantitative estimate of drug-likeness (QED) is 0.703. The zero-order valence-electron chi connectivity index (χ0n) is 16.5. The summed E-state index contributed by atoms with van der Waals surface area (Å²) in [5.74, 6) is 0.627. The van der Waals surface area contributed by atoms with Crippen LogP contribution in [0.25, 0.3) is 0 Å². The summed E-state index contributed by atoms with van der Waals surface area (Å²) < 4.78 is 5.21. The van der Waals surface area contributed by atoms with Gasteiger partial charge in [-0.15, -0.1) is 0 Å². The van der Waals surface area contributed by atoms with Crippen LogP contribution in [0.3, 0.4) is 0 Å². The molecule has 0 bridgehead atoms. The Kier molecular flexibility index (Phi) is 6.06. The summed E-state index contributed by atoms with van der Waals surface area (Å²) in [5.41, 5.74) is 2.23. The number of hydrogen-bond donors (Lipinski definition) is 3. The van der Waals surface area contributed by atoms with Gasteiger partial charge in [0.1, 0.15) is 5.75 Å². The lowest BCUT2D eigenvalue weighted by molar-refractivity contribution is -0.906. The Morgan fingerprint density at radius 1 is 1.21 bits per heavy atom. The van der Waals surface area contributed by atoms with Crippen molar-refractivity contribution in [1.82, 2.24) is 5.32 Å². The van der Waals surface area contributed by atoms with Crippen molar-refractivity contribution in [1.29, 1.82) is 0 Å². The van der Waals surface area contributed by atoms with Gasteiger partial charge in [-0.25, -0.2) is 0 Å². The Morgan fingerprint density at radius 3 is 2.83 bits per heavy atom. The van der Waals surface area contributed by atoms with Crippen LogP contribution in [-0.4, -0.2) is 37.4 Å². The molecule has 0 radical (unpaired) electrons. The maximum Gasteiger partial charge on any atom is 0.294 e. The summed E-state index contributed by atoms with van der Waals surface area (Å²) in [6, 6.07) is 13.1. The van der Waals surface area contributed by atoms with Crippen LogP contribution in [0.1, 0.15) is 35.2 Å². The van der Waals surface area contributed by atoms with Crippen LogP contribution < -0.4 is 20.3 Å². The van der Waals surface area contributed by atoms with E-state index in [1.165, 1.54) is 24.2 Å². The molecule has 7 heteroatoms. The van der Waals surface area contributed by atoms with E-state index < -0.39 is 0 Å². The molecule has 2 aliphatic rings. The van der Waals surface area contributed by atoms with Gasteiger partial charge in [0.2, 0.25) is 5.37 Å². The molecule has 0 aromatic heterocycles. The summed E-state index contributed by atoms with van der Waals surface area (Å²) in [5, 5.41) is 5.84. The molecule has 0 spiro atoms. The first-order chi connectivity index (χ1) is 14.1. The van der Waals surface area contributed by atoms with Crippen molar-refractivity contribution in [2.45, 2.75) is 36.1 Å². The largest absolute Gasteiger partial charge is 0.497 e. The normalized spacial score (nSPS) is 19.2. The Morgan fingerprint density at radius 2 is 2.03 bits per heavy atom. The SMILES string of the molecule is COc1cccc(CNC(=O)c2ccc3c(c2)NC(=O)C([NH+]2CCCCC2)S3)c1. The Hall–Kier alpha value is -2.51. The highest BCUT2D eigenvalue weighted by Gasteiger charge is 2.36. The van der Waals surface area contributed by atoms with E-state index in [1.807, 2.05) is 36.4 Å². The highest BCUT2D eigenvalue weighted by atomic mass is 32.2. The number of thioether (sulfide) groups is 1. The number of rotatable bonds is 5. The third kappa shape index (κ3) is 4.57. The number of carbonyl (C=O) groups excluding carboxylic acids is 2. The van der Waals surface area contributed by atoms with Gasteiger partial charge in [0.25, 0.3) is 11.8 Å². The minimum Gasteiger partial charge on any atom is -0.497 e. The van der Waals surface area contributed by atoms with Crippen LogP contribution in [0.4, 0.5) is 5.69 Å². The van der Waals surface area contributed by atoms with Gasteiger partial charge in [-0.2, -0.15) is 0 Å². The molecule has 1 atom stereocenters. The van der Waals surface area contributed by atoms with E-state index in [2.05, 4.69) is 10.6 Å². The van der Waals surface area contributed by atoms with Gasteiger partial charge in [0, 0.05) is 17.0 Å². The summed E-state index contributed by atoms with van der Waals surface area (Å²) in [6.45, 7) is 2.50. The van der Waals surface area contributed by atoms with Gasteiger partial charge in [-0.05, 0) is 55.2 Å². The molecule has 1 saturated heterocycles. The Labute approximate surface area is 175 Å². The molecule has 152 valence electrons. The zero-order valence-corrected chi connectivity index (χ0v) is 17.3. The summed E-state index contributed by atoms with van der Waals surface area (Å²) in [6.07, 6.45) is 3.62. The van der Waals surface area contributed by atoms with Gasteiger partial charge < -0.3 is 20.3 Å². The highest BCUT2D eigenvalue weighted by Crippen LogP contribution is 2.34. The van der Waals surface area contributed by atoms with E-state index in [1.54, 1.807) is 24.9 Å². The van der Waals surface area contributed by atoms with Crippen LogP contribution >= 0.6 is 11.8 Å². The molecule has 2 aromatic rings. The number of anilines is 1. The van der Waals surface area contributed by atoms with E-state index in [-0.39, 0.29) is 17.2 Å². The first-order valence-corrected chi connectivity index (χ1v) is 10.9. The zero-order chi connectivity index (χ0) is 20.2. The molecule has 0 aliphatic carbocycles. The predicted octanol–water partition coefficient (Wildman–Crippen LogP) is 2.06. The topological polar surface area (TPSA) is 71.9 Å². The average Bonchev–Trinajstić information content (AvgIpc) is 2.77. The molecule has 2 aliphatic heterocycles. The number of quaternary nitrogens is 1. The molecule has 0 saturated carbocycles. The lowest BCUT2D eigenvalue weighted by Crippen LogP contribution is -3.17. The molecule has 3 N–H and O–H groups in total. The Balaban J connectivity index is 1.42. The third-order valence-corrected chi connectivity index (χ3v) is 6.83. The van der Waals surface area contributed by atoms with Crippen LogP contribution in [0.15, 0.2) is 47.4 Å². The molecule has 6 nitrogen and oxygen atoms in total. The average molecular weight is 413 g/mol. The van der Waals surface area contributed by atoms with Crippen LogP contribution in [0.2, 0.25) is 0 Å². The van der Waals surface area contributed by atoms with E-state index in [0.717, 1.165) is 35.0 Å². The van der Waals surface area contributed by atoms with Crippen molar-refractivity contribution in [2.24, 2.45) is 0 Å². The van der Waals surface area contributed by atoms with Crippen LogP contribution in [0.5, 0.6) is 5.75 Å². The number of piperidine rings is 1. The number of carbonyl (C=O) groups is 2. The smallest absolute Gasteiger partial charge is 0.294 e. The molecule has 2 aromatic carbocycles. The fraction of sp³-hybridized carbons (Fsp3) is 0.364. The molecular formula is C22H26N3O3S+. The van der Waals surface area contributed by atoms with Crippen molar-refractivity contribution in [2.75, 3.05) is 25.5 Å². The fourth-order valence-electron chi connectivity index (χ4n) is 3.85. The van der Waals surface area contributed by atoms with Gasteiger partial charge in [-0.1, -0.05) is 23.9 Å². The molecule has 2 heterocycles. The lowest BCUT2D eigenvalue weighted by Gasteiger charge is -2.33. The minimum absolute atomic E-state index is 0.0355. The molecule has 2 amide bonds. The van der Waals surface area contributed by atoms with Gasteiger partial charge >= 0.3 is 0 Å². The number of nitrogens with one attached hydrogen (secondary N) is 3. The van der Waals surface area contributed by atoms with Crippen molar-refractivity contribution in [3.63, 3.8) is 0 Å². The number of benzene rings is 2. The number of fused-ring (bicyclic) bond motifs is 1. The first-order valence-electron chi connectivity index (χ1n) is 10.0. The summed E-state index contributed by atoms with van der Waals surface area (Å²) in [7, 11) is 1.62. The van der Waals surface area contributed by atoms with Gasteiger partial charge in [0.05, 0.1) is 25.9 Å². The molecule has 1 unspecified atom stereocenters. The predicted molar refractivity (Wildman–Crippen MR) is 113 cm³/mol. The molecular weight excluding hydrogens is 386 g/mol. The maximum atomic E-state index is 12.6. The monoisotopic (exact) mass is 412 g/mol. The second-order valence-electron chi connectivity index (χ2n) is 7.45. The second-order valence-corrected chi connectivity index (χ2v) is 8.60. The first kappa shape index (κ1) is 19.8. The number of methoxy groups -OCH3 is 1. The Bertz CT molecular complexity index is 912. The van der Waals surface area contributed by atoms with E-state index >= 15 is 0 Å². The summed E-state index contributed by atoms with van der Waals surface area (Å²) in [4.78, 5) is 27.6. The van der Waals surface area contributed by atoms with Crippen molar-refractivity contribution < 1.29 is 19.2 Å². The lowest BCUT2D eigenvalue weighted by atomic mass is 10.1. The standard InChI is InChI=1S/C22H25N3O3S/c1-28-17-7-5-6-15(12-17)14-23-20(26)16-8-9-19-18(13-16)24-21(27)22(29-19)25-10-3-2-4-11-25/h5-9,12-13,22H,2-4,10-11,14H2,1H3,(H,23,26)(H,24,27)/p+1. The molecule has 1 fully saturated rings. The number of ether oxygens (including phenoxy) is 1. The molecule has 29 heavy (non-hydrogen) atoms. The number of likely N-dealkylation sites (tertiary alicyclic amines) is 1. The molecule has 4 rings (SSSR count). The highest BCUT2D eigenvalue weighted by molar-refractivity contribution is 8.00. The van der Waals surface area contributed by atoms with E-state index in [9.17, 15) is 9.59 Å². The number of amides is 2. The summed E-state index contributed by atoms with van der Waals surface area (Å²) >= 11 is 1.61. The third-order valence-electron chi connectivity index (χ3n) is 5.44. The van der Waals surface area contributed by atoms with E-state index in [4.69, 9.17) is 4.74 Å². The van der Waals surface area contributed by atoms with Crippen molar-refractivity contribution in [3.8, 4) is 5.75 Å². The van der Waals surface area contributed by atoms with Gasteiger partial charge in [-0.3, -0.25) is 9.59 Å². The van der Waals surface area contributed by atoms with Crippen LogP contribution in [-0.2, 0) is 11.3 Å². The van der Waals surface area contributed by atoms with Crippen molar-refractivity contribution >= 4 is 29.3 Å². The second kappa shape index (κ2) is 8.88.